The fourth-order valence-electron chi connectivity index (χ4n) is 5.46. The lowest BCUT2D eigenvalue weighted by atomic mass is 9.94. The zero-order chi connectivity index (χ0) is 21.5. The molecule has 2 aromatic carbocycles. The largest absolute Gasteiger partial charge is 0.373 e. The lowest BCUT2D eigenvalue weighted by Gasteiger charge is -2.39. The highest BCUT2D eigenvalue weighted by Gasteiger charge is 2.30. The van der Waals surface area contributed by atoms with Crippen molar-refractivity contribution in [2.45, 2.75) is 38.9 Å². The zero-order valence-corrected chi connectivity index (χ0v) is 18.3. The maximum Gasteiger partial charge on any atom is 0.253 e. The van der Waals surface area contributed by atoms with Gasteiger partial charge in [0.2, 0.25) is 0 Å². The Balaban J connectivity index is 1.22. The van der Waals surface area contributed by atoms with Crippen molar-refractivity contribution < 1.29 is 14.3 Å². The van der Waals surface area contributed by atoms with Crippen LogP contribution in [0.1, 0.15) is 53.0 Å². The molecule has 162 valence electrons. The highest BCUT2D eigenvalue weighted by molar-refractivity contribution is 6.22. The standard InChI is InChI=1S/C26H30N2O3/c1-17-14-27(15-18(2)31-17)16-19-9-11-28(12-10-19)26(30)20-7-8-22-21-5-3-4-6-23(21)25(29)24(22)13-20/h3-8,13,17-19H,9-12,14-16H2,1-2H3. The Morgan fingerprint density at radius 2 is 1.58 bits per heavy atom. The molecule has 0 saturated carbocycles. The molecule has 1 aliphatic carbocycles. The second kappa shape index (κ2) is 8.21. The summed E-state index contributed by atoms with van der Waals surface area (Å²) in [6.07, 6.45) is 2.64. The van der Waals surface area contributed by atoms with Crippen molar-refractivity contribution in [2.75, 3.05) is 32.7 Å². The van der Waals surface area contributed by atoms with Crippen LogP contribution in [0.25, 0.3) is 11.1 Å². The molecule has 2 aromatic rings. The number of benzene rings is 2. The Hall–Kier alpha value is -2.50. The second-order valence-corrected chi connectivity index (χ2v) is 9.35. The molecule has 5 nitrogen and oxygen atoms in total. The highest BCUT2D eigenvalue weighted by Crippen LogP contribution is 2.37. The van der Waals surface area contributed by atoms with E-state index in [1.807, 2.05) is 41.3 Å². The maximum absolute atomic E-state index is 13.1. The van der Waals surface area contributed by atoms with Crippen LogP contribution in [0.4, 0.5) is 0 Å². The molecule has 2 aliphatic heterocycles. The molecule has 5 rings (SSSR count). The fraction of sp³-hybridized carbons (Fsp3) is 0.462. The Bertz CT molecular complexity index is 999. The monoisotopic (exact) mass is 418 g/mol. The van der Waals surface area contributed by atoms with Crippen molar-refractivity contribution in [3.05, 3.63) is 59.2 Å². The van der Waals surface area contributed by atoms with Crippen molar-refractivity contribution in [2.24, 2.45) is 5.92 Å². The number of rotatable bonds is 3. The summed E-state index contributed by atoms with van der Waals surface area (Å²) < 4.78 is 5.84. The van der Waals surface area contributed by atoms with Crippen LogP contribution in [0, 0.1) is 5.92 Å². The molecule has 2 atom stereocenters. The van der Waals surface area contributed by atoms with Gasteiger partial charge in [0, 0.05) is 49.4 Å². The Kier molecular flexibility index (Phi) is 5.40. The number of likely N-dealkylation sites (tertiary alicyclic amines) is 1. The van der Waals surface area contributed by atoms with E-state index in [4.69, 9.17) is 4.74 Å². The lowest BCUT2D eigenvalue weighted by Crippen LogP contribution is -2.48. The summed E-state index contributed by atoms with van der Waals surface area (Å²) >= 11 is 0. The number of fused-ring (bicyclic) bond motifs is 3. The van der Waals surface area contributed by atoms with Crippen LogP contribution in [0.5, 0.6) is 0 Å². The van der Waals surface area contributed by atoms with E-state index in [0.717, 1.165) is 62.3 Å². The number of piperidine rings is 1. The topological polar surface area (TPSA) is 49.9 Å². The van der Waals surface area contributed by atoms with Crippen molar-refractivity contribution in [1.29, 1.82) is 0 Å². The van der Waals surface area contributed by atoms with Gasteiger partial charge in [0.1, 0.15) is 0 Å². The Morgan fingerprint density at radius 1 is 0.935 bits per heavy atom. The van der Waals surface area contributed by atoms with Crippen LogP contribution in [0.2, 0.25) is 0 Å². The molecule has 5 heteroatoms. The molecular weight excluding hydrogens is 388 g/mol. The van der Waals surface area contributed by atoms with Crippen LogP contribution in [0.3, 0.4) is 0 Å². The van der Waals surface area contributed by atoms with Gasteiger partial charge in [0.05, 0.1) is 12.2 Å². The number of hydrogen-bond acceptors (Lipinski definition) is 4. The van der Waals surface area contributed by atoms with Crippen molar-refractivity contribution in [3.63, 3.8) is 0 Å². The van der Waals surface area contributed by atoms with E-state index in [2.05, 4.69) is 18.7 Å². The first-order valence-corrected chi connectivity index (χ1v) is 11.4. The van der Waals surface area contributed by atoms with E-state index < -0.39 is 0 Å². The van der Waals surface area contributed by atoms with Gasteiger partial charge in [-0.3, -0.25) is 14.5 Å². The van der Waals surface area contributed by atoms with Gasteiger partial charge >= 0.3 is 0 Å². The molecule has 2 unspecified atom stereocenters. The van der Waals surface area contributed by atoms with Gasteiger partial charge in [0.25, 0.3) is 5.91 Å². The zero-order valence-electron chi connectivity index (χ0n) is 18.3. The van der Waals surface area contributed by atoms with E-state index >= 15 is 0 Å². The second-order valence-electron chi connectivity index (χ2n) is 9.35. The molecule has 2 fully saturated rings. The Morgan fingerprint density at radius 3 is 2.29 bits per heavy atom. The predicted molar refractivity (Wildman–Crippen MR) is 120 cm³/mol. The maximum atomic E-state index is 13.1. The number of amides is 1. The predicted octanol–water partition coefficient (Wildman–Crippen LogP) is 3.86. The first kappa shape index (κ1) is 20.4. The molecule has 0 N–H and O–H groups in total. The number of ketones is 1. The number of carbonyl (C=O) groups is 2. The molecule has 0 spiro atoms. The molecule has 3 aliphatic rings. The van der Waals surface area contributed by atoms with Crippen molar-refractivity contribution in [1.82, 2.24) is 9.80 Å². The number of nitrogens with zero attached hydrogens (tertiary/aromatic N) is 2. The average molecular weight is 419 g/mol. The summed E-state index contributed by atoms with van der Waals surface area (Å²) in [5.41, 5.74) is 3.90. The number of hydrogen-bond donors (Lipinski definition) is 0. The lowest BCUT2D eigenvalue weighted by molar-refractivity contribution is -0.0728. The number of carbonyl (C=O) groups excluding carboxylic acids is 2. The summed E-state index contributed by atoms with van der Waals surface area (Å²) in [5.74, 6) is 0.684. The summed E-state index contributed by atoms with van der Waals surface area (Å²) in [6, 6.07) is 13.3. The summed E-state index contributed by atoms with van der Waals surface area (Å²) in [5, 5.41) is 0. The average Bonchev–Trinajstić information content (AvgIpc) is 3.05. The number of ether oxygens (including phenoxy) is 1. The third kappa shape index (κ3) is 3.92. The molecule has 0 bridgehead atoms. The van der Waals surface area contributed by atoms with E-state index in [1.54, 1.807) is 6.07 Å². The van der Waals surface area contributed by atoms with Gasteiger partial charge in [-0.1, -0.05) is 30.3 Å². The van der Waals surface area contributed by atoms with Gasteiger partial charge in [-0.2, -0.15) is 0 Å². The normalized spacial score (nSPS) is 24.2. The third-order valence-electron chi connectivity index (χ3n) is 6.89. The quantitative estimate of drug-likeness (QED) is 0.648. The van der Waals surface area contributed by atoms with Gasteiger partial charge in [-0.15, -0.1) is 0 Å². The van der Waals surface area contributed by atoms with Gasteiger partial charge in [0.15, 0.2) is 5.78 Å². The molecule has 0 aromatic heterocycles. The van der Waals surface area contributed by atoms with Crippen molar-refractivity contribution >= 4 is 11.7 Å². The van der Waals surface area contributed by atoms with Gasteiger partial charge < -0.3 is 9.64 Å². The van der Waals surface area contributed by atoms with E-state index in [-0.39, 0.29) is 11.7 Å². The van der Waals surface area contributed by atoms with E-state index in [1.165, 1.54) is 0 Å². The minimum Gasteiger partial charge on any atom is -0.373 e. The number of morpholine rings is 1. The SMILES string of the molecule is CC1CN(CC2CCN(C(=O)c3ccc4c(c3)C(=O)c3ccccc3-4)CC2)CC(C)O1. The highest BCUT2D eigenvalue weighted by atomic mass is 16.5. The van der Waals surface area contributed by atoms with E-state index in [0.29, 0.717) is 29.3 Å². The van der Waals surface area contributed by atoms with Crippen LogP contribution < -0.4 is 0 Å². The van der Waals surface area contributed by atoms with Crippen LogP contribution in [-0.2, 0) is 4.74 Å². The van der Waals surface area contributed by atoms with Crippen LogP contribution >= 0.6 is 0 Å². The minimum atomic E-state index is 0.0212. The Labute approximate surface area is 184 Å². The smallest absolute Gasteiger partial charge is 0.253 e. The third-order valence-corrected chi connectivity index (χ3v) is 6.89. The molecular formula is C26H30N2O3. The van der Waals surface area contributed by atoms with E-state index in [9.17, 15) is 9.59 Å². The van der Waals surface area contributed by atoms with Gasteiger partial charge in [-0.05, 0) is 55.9 Å². The molecule has 31 heavy (non-hydrogen) atoms. The fourth-order valence-corrected chi connectivity index (χ4v) is 5.46. The minimum absolute atomic E-state index is 0.0212. The molecule has 1 amide bonds. The molecule has 2 saturated heterocycles. The van der Waals surface area contributed by atoms with Crippen molar-refractivity contribution in [3.8, 4) is 11.1 Å². The van der Waals surface area contributed by atoms with Gasteiger partial charge in [-0.25, -0.2) is 0 Å². The summed E-state index contributed by atoms with van der Waals surface area (Å²) in [4.78, 5) is 30.4. The first-order valence-electron chi connectivity index (χ1n) is 11.4. The summed E-state index contributed by atoms with van der Waals surface area (Å²) in [7, 11) is 0. The van der Waals surface area contributed by atoms with Crippen LogP contribution in [0.15, 0.2) is 42.5 Å². The summed E-state index contributed by atoms with van der Waals surface area (Å²) in [6.45, 7) is 8.93. The molecule has 0 radical (unpaired) electrons. The first-order chi connectivity index (χ1) is 15.0. The van der Waals surface area contributed by atoms with Crippen LogP contribution in [-0.4, -0.2) is 66.4 Å². The molecule has 2 heterocycles.